The van der Waals surface area contributed by atoms with E-state index >= 15 is 0 Å². The average molecular weight is 263 g/mol. The Morgan fingerprint density at radius 2 is 2.06 bits per heavy atom. The maximum Gasteiger partial charge on any atom is 0.264 e. The van der Waals surface area contributed by atoms with Gasteiger partial charge in [0.25, 0.3) is 5.91 Å². The van der Waals surface area contributed by atoms with Crippen LogP contribution in [0.5, 0.6) is 0 Å². The fraction of sp³-hybridized carbons (Fsp3) is 0.154. The quantitative estimate of drug-likeness (QED) is 0.842. The number of hydrogen-bond acceptors (Lipinski definition) is 3. The third-order valence-corrected chi connectivity index (χ3v) is 3.76. The molecule has 0 saturated heterocycles. The third-order valence-electron chi connectivity index (χ3n) is 2.41. The van der Waals surface area contributed by atoms with Gasteiger partial charge in [-0.3, -0.25) is 4.79 Å². The summed E-state index contributed by atoms with van der Waals surface area (Å²) < 4.78 is 0. The molecule has 0 aliphatic heterocycles. The summed E-state index contributed by atoms with van der Waals surface area (Å²) in [7, 11) is 1.81. The van der Waals surface area contributed by atoms with Crippen molar-refractivity contribution in [1.29, 1.82) is 0 Å². The molecule has 0 atom stereocenters. The van der Waals surface area contributed by atoms with Gasteiger partial charge in [0.05, 0.1) is 4.88 Å². The van der Waals surface area contributed by atoms with Crippen LogP contribution in [0, 0.1) is 0 Å². The van der Waals surface area contributed by atoms with Crippen LogP contribution in [0.4, 0.5) is 0 Å². The van der Waals surface area contributed by atoms with Gasteiger partial charge in [0.2, 0.25) is 0 Å². The predicted molar refractivity (Wildman–Crippen MR) is 73.8 cm³/mol. The molecule has 88 valence electrons. The molecule has 0 saturated carbocycles. The molecule has 2 rings (SSSR count). The van der Waals surface area contributed by atoms with E-state index in [4.69, 9.17) is 0 Å². The highest BCUT2D eigenvalue weighted by Crippen LogP contribution is 2.19. The first-order valence-corrected chi connectivity index (χ1v) is 6.56. The number of amides is 1. The van der Waals surface area contributed by atoms with Crippen molar-refractivity contribution < 1.29 is 4.79 Å². The Balaban J connectivity index is 2.06. The topological polar surface area (TPSA) is 20.3 Å². The summed E-state index contributed by atoms with van der Waals surface area (Å²) in [6.45, 7) is 0.624. The number of benzene rings is 1. The maximum absolute atomic E-state index is 12.1. The molecule has 4 heteroatoms. The highest BCUT2D eigenvalue weighted by Gasteiger charge is 2.13. The first kappa shape index (κ1) is 12.2. The molecule has 1 aromatic carbocycles. The van der Waals surface area contributed by atoms with E-state index in [9.17, 15) is 4.79 Å². The van der Waals surface area contributed by atoms with E-state index in [0.717, 1.165) is 15.3 Å². The van der Waals surface area contributed by atoms with Gasteiger partial charge in [0.1, 0.15) is 0 Å². The van der Waals surface area contributed by atoms with Gasteiger partial charge in [-0.2, -0.15) is 0 Å². The van der Waals surface area contributed by atoms with Crippen molar-refractivity contribution in [3.63, 3.8) is 0 Å². The van der Waals surface area contributed by atoms with Crippen molar-refractivity contribution in [2.24, 2.45) is 0 Å². The van der Waals surface area contributed by atoms with Gasteiger partial charge >= 0.3 is 0 Å². The van der Waals surface area contributed by atoms with Gasteiger partial charge < -0.3 is 4.90 Å². The van der Waals surface area contributed by atoms with Gasteiger partial charge in [0, 0.05) is 23.9 Å². The fourth-order valence-corrected chi connectivity index (χ4v) is 2.70. The molecular weight excluding hydrogens is 250 g/mol. The summed E-state index contributed by atoms with van der Waals surface area (Å²) >= 11 is 5.64. The van der Waals surface area contributed by atoms with Gasteiger partial charge in [0.15, 0.2) is 0 Å². The Morgan fingerprint density at radius 1 is 1.35 bits per heavy atom. The Kier molecular flexibility index (Phi) is 3.86. The third kappa shape index (κ3) is 3.11. The first-order valence-electron chi connectivity index (χ1n) is 5.23. The number of carbonyl (C=O) groups is 1. The summed E-state index contributed by atoms with van der Waals surface area (Å²) in [5, 5.41) is 1.87. The van der Waals surface area contributed by atoms with Crippen LogP contribution >= 0.6 is 24.0 Å². The molecule has 0 N–H and O–H groups in total. The van der Waals surface area contributed by atoms with Gasteiger partial charge in [-0.25, -0.2) is 0 Å². The van der Waals surface area contributed by atoms with Crippen molar-refractivity contribution in [2.45, 2.75) is 11.4 Å². The number of hydrogen-bond donors (Lipinski definition) is 1. The molecular formula is C13H13NOS2. The zero-order valence-corrected chi connectivity index (χ0v) is 11.2. The largest absolute Gasteiger partial charge is 0.337 e. The minimum absolute atomic E-state index is 0.0409. The number of nitrogens with zero attached hydrogens (tertiary/aromatic N) is 1. The molecule has 17 heavy (non-hydrogen) atoms. The summed E-state index contributed by atoms with van der Waals surface area (Å²) in [5.74, 6) is 0.0409. The van der Waals surface area contributed by atoms with Crippen LogP contribution in [-0.4, -0.2) is 17.9 Å². The highest BCUT2D eigenvalue weighted by molar-refractivity contribution is 7.80. The molecule has 0 aliphatic carbocycles. The van der Waals surface area contributed by atoms with Crippen LogP contribution in [0.3, 0.4) is 0 Å². The zero-order valence-electron chi connectivity index (χ0n) is 9.46. The second kappa shape index (κ2) is 5.38. The van der Waals surface area contributed by atoms with E-state index in [0.29, 0.717) is 6.54 Å². The monoisotopic (exact) mass is 263 g/mol. The highest BCUT2D eigenvalue weighted by atomic mass is 32.1. The van der Waals surface area contributed by atoms with Crippen molar-refractivity contribution in [3.8, 4) is 0 Å². The summed E-state index contributed by atoms with van der Waals surface area (Å²) in [5.41, 5.74) is 1.13. The molecule has 0 bridgehead atoms. The van der Waals surface area contributed by atoms with Crippen LogP contribution < -0.4 is 0 Å². The molecule has 0 spiro atoms. The molecule has 2 aromatic rings. The van der Waals surface area contributed by atoms with Crippen molar-refractivity contribution in [3.05, 3.63) is 52.2 Å². The van der Waals surface area contributed by atoms with Gasteiger partial charge in [-0.05, 0) is 11.6 Å². The Labute approximate surface area is 110 Å². The zero-order chi connectivity index (χ0) is 12.3. The minimum Gasteiger partial charge on any atom is -0.337 e. The molecule has 1 amide bonds. The van der Waals surface area contributed by atoms with E-state index < -0.39 is 0 Å². The lowest BCUT2D eigenvalue weighted by Gasteiger charge is -2.16. The smallest absolute Gasteiger partial charge is 0.264 e. The minimum atomic E-state index is 0.0409. The second-order valence-electron chi connectivity index (χ2n) is 3.82. The fourth-order valence-electron chi connectivity index (χ4n) is 1.56. The lowest BCUT2D eigenvalue weighted by molar-refractivity contribution is 0.0789. The van der Waals surface area contributed by atoms with Crippen LogP contribution in [0.15, 0.2) is 46.7 Å². The van der Waals surface area contributed by atoms with Gasteiger partial charge in [-0.1, -0.05) is 30.3 Å². The predicted octanol–water partition coefficient (Wildman–Crippen LogP) is 3.31. The maximum atomic E-state index is 12.1. The Morgan fingerprint density at radius 3 is 2.65 bits per heavy atom. The van der Waals surface area contributed by atoms with E-state index in [-0.39, 0.29) is 5.91 Å². The number of thiophene rings is 1. The van der Waals surface area contributed by atoms with E-state index in [1.807, 2.05) is 42.8 Å². The van der Waals surface area contributed by atoms with Crippen molar-refractivity contribution in [1.82, 2.24) is 4.90 Å². The molecule has 0 unspecified atom stereocenters. The lowest BCUT2D eigenvalue weighted by Crippen LogP contribution is -2.25. The number of rotatable bonds is 3. The average Bonchev–Trinajstić information content (AvgIpc) is 2.76. The van der Waals surface area contributed by atoms with Crippen LogP contribution in [0.2, 0.25) is 0 Å². The Bertz CT molecular complexity index is 507. The van der Waals surface area contributed by atoms with E-state index in [1.165, 1.54) is 11.3 Å². The molecule has 0 fully saturated rings. The lowest BCUT2D eigenvalue weighted by atomic mass is 10.2. The summed E-state index contributed by atoms with van der Waals surface area (Å²) in [6.07, 6.45) is 0. The van der Waals surface area contributed by atoms with Crippen LogP contribution in [0.25, 0.3) is 0 Å². The molecule has 0 radical (unpaired) electrons. The number of thiol groups is 1. The van der Waals surface area contributed by atoms with Crippen molar-refractivity contribution >= 4 is 29.9 Å². The SMILES string of the molecule is CN(Cc1ccccc1)C(=O)c1cc(S)cs1. The second-order valence-corrected chi connectivity index (χ2v) is 5.24. The molecule has 2 nitrogen and oxygen atoms in total. The van der Waals surface area contributed by atoms with Gasteiger partial charge in [-0.15, -0.1) is 24.0 Å². The van der Waals surface area contributed by atoms with Crippen LogP contribution in [-0.2, 0) is 6.54 Å². The standard InChI is InChI=1S/C13H13NOS2/c1-14(8-10-5-3-2-4-6-10)13(15)12-7-11(16)9-17-12/h2-7,9,16H,8H2,1H3. The van der Waals surface area contributed by atoms with E-state index in [2.05, 4.69) is 12.6 Å². The summed E-state index contributed by atoms with van der Waals surface area (Å²) in [4.78, 5) is 15.4. The van der Waals surface area contributed by atoms with Crippen LogP contribution in [0.1, 0.15) is 15.2 Å². The molecule has 1 heterocycles. The first-order chi connectivity index (χ1) is 8.16. The molecule has 1 aromatic heterocycles. The van der Waals surface area contributed by atoms with E-state index in [1.54, 1.807) is 11.0 Å². The normalized spacial score (nSPS) is 10.2. The number of carbonyl (C=O) groups excluding carboxylic acids is 1. The molecule has 0 aliphatic rings. The van der Waals surface area contributed by atoms with Crippen molar-refractivity contribution in [2.75, 3.05) is 7.05 Å². The Hall–Kier alpha value is -1.26. The summed E-state index contributed by atoms with van der Waals surface area (Å²) in [6, 6.07) is 11.8.